The maximum absolute atomic E-state index is 13.6. The quantitative estimate of drug-likeness (QED) is 0.374. The summed E-state index contributed by atoms with van der Waals surface area (Å²) in [4.78, 5) is 12.9. The molecule has 1 amide bonds. The third-order valence-electron chi connectivity index (χ3n) is 5.34. The van der Waals surface area contributed by atoms with Gasteiger partial charge in [-0.15, -0.1) is 0 Å². The molecule has 0 radical (unpaired) electrons. The summed E-state index contributed by atoms with van der Waals surface area (Å²) < 4.78 is 53.2. The van der Waals surface area contributed by atoms with Crippen LogP contribution in [0, 0.1) is 18.7 Å². The molecule has 0 saturated heterocycles. The van der Waals surface area contributed by atoms with E-state index in [1.54, 1.807) is 25.1 Å². The molecule has 0 aromatic heterocycles. The van der Waals surface area contributed by atoms with Gasteiger partial charge in [0.05, 0.1) is 12.0 Å². The zero-order chi connectivity index (χ0) is 21.3. The van der Waals surface area contributed by atoms with Crippen molar-refractivity contribution in [3.05, 3.63) is 70.0 Å². The fourth-order valence-electron chi connectivity index (χ4n) is 3.35. The summed E-state index contributed by atoms with van der Waals surface area (Å²) >= 11 is 3.26. The summed E-state index contributed by atoms with van der Waals surface area (Å²) in [5.74, 6) is -2.17. The molecule has 0 spiro atoms. The van der Waals surface area contributed by atoms with Crippen molar-refractivity contribution in [2.45, 2.75) is 50.2 Å². The SMILES string of the molecule is Cc1cc([C@@H](NC(=O)c2cc(CBr)cc([C@H](C)C(F)(F)F)c2)C2CC2)ccc1F. The Morgan fingerprint density at radius 1 is 1.17 bits per heavy atom. The van der Waals surface area contributed by atoms with E-state index in [1.807, 2.05) is 0 Å². The summed E-state index contributed by atoms with van der Waals surface area (Å²) in [7, 11) is 0. The minimum absolute atomic E-state index is 0.0557. The molecule has 0 unspecified atom stereocenters. The van der Waals surface area contributed by atoms with Crippen molar-refractivity contribution < 1.29 is 22.4 Å². The number of benzene rings is 2. The fraction of sp³-hybridized carbons (Fsp3) is 0.409. The van der Waals surface area contributed by atoms with Crippen molar-refractivity contribution in [3.63, 3.8) is 0 Å². The van der Waals surface area contributed by atoms with Gasteiger partial charge in [-0.1, -0.05) is 34.1 Å². The zero-order valence-electron chi connectivity index (χ0n) is 16.1. The molecule has 3 rings (SSSR count). The number of hydrogen-bond donors (Lipinski definition) is 1. The van der Waals surface area contributed by atoms with E-state index in [1.165, 1.54) is 18.2 Å². The lowest BCUT2D eigenvalue weighted by atomic mass is 9.95. The number of halogens is 5. The van der Waals surface area contributed by atoms with Crippen LogP contribution in [0.15, 0.2) is 36.4 Å². The third-order valence-corrected chi connectivity index (χ3v) is 5.99. The summed E-state index contributed by atoms with van der Waals surface area (Å²) in [6.07, 6.45) is -2.50. The minimum Gasteiger partial charge on any atom is -0.345 e. The average Bonchev–Trinajstić information content (AvgIpc) is 3.51. The molecular formula is C22H22BrF4NO. The number of rotatable bonds is 6. The van der Waals surface area contributed by atoms with Crippen LogP contribution in [0.5, 0.6) is 0 Å². The molecule has 1 aliphatic rings. The second-order valence-electron chi connectivity index (χ2n) is 7.66. The van der Waals surface area contributed by atoms with Crippen LogP contribution in [-0.2, 0) is 5.33 Å². The number of aryl methyl sites for hydroxylation is 1. The first-order valence-corrected chi connectivity index (χ1v) is 10.6. The fourth-order valence-corrected chi connectivity index (χ4v) is 3.68. The standard InChI is InChI=1S/C22H22BrF4NO/c1-12-7-16(5-6-19(12)24)20(15-3-4-15)28-21(29)18-9-14(11-23)8-17(10-18)13(2)22(25,26)27/h5-10,13,15,20H,3-4,11H2,1-2H3,(H,28,29)/t13-,20-/m0/s1. The molecular weight excluding hydrogens is 450 g/mol. The number of carbonyl (C=O) groups excluding carboxylic acids is 1. The van der Waals surface area contributed by atoms with Gasteiger partial charge in [-0.05, 0) is 73.1 Å². The van der Waals surface area contributed by atoms with Gasteiger partial charge in [0.25, 0.3) is 5.91 Å². The Hall–Kier alpha value is -1.89. The van der Waals surface area contributed by atoms with Crippen molar-refractivity contribution in [1.29, 1.82) is 0 Å². The van der Waals surface area contributed by atoms with Crippen molar-refractivity contribution in [3.8, 4) is 0 Å². The smallest absolute Gasteiger partial charge is 0.345 e. The van der Waals surface area contributed by atoms with E-state index < -0.39 is 18.0 Å². The van der Waals surface area contributed by atoms with Crippen molar-refractivity contribution in [2.24, 2.45) is 5.92 Å². The molecule has 0 aliphatic heterocycles. The number of alkyl halides is 4. The average molecular weight is 472 g/mol. The van der Waals surface area contributed by atoms with Crippen LogP contribution in [0.3, 0.4) is 0 Å². The second-order valence-corrected chi connectivity index (χ2v) is 8.22. The molecule has 2 nitrogen and oxygen atoms in total. The van der Waals surface area contributed by atoms with Gasteiger partial charge in [-0.25, -0.2) is 4.39 Å². The van der Waals surface area contributed by atoms with E-state index in [4.69, 9.17) is 0 Å². The van der Waals surface area contributed by atoms with Gasteiger partial charge in [-0.3, -0.25) is 4.79 Å². The van der Waals surface area contributed by atoms with Crippen molar-refractivity contribution >= 4 is 21.8 Å². The Labute approximate surface area is 175 Å². The van der Waals surface area contributed by atoms with Gasteiger partial charge in [0.1, 0.15) is 5.82 Å². The molecule has 0 bridgehead atoms. The maximum Gasteiger partial charge on any atom is 0.395 e. The predicted octanol–water partition coefficient (Wildman–Crippen LogP) is 6.58. The van der Waals surface area contributed by atoms with E-state index in [0.717, 1.165) is 25.3 Å². The van der Waals surface area contributed by atoms with E-state index in [-0.39, 0.29) is 28.9 Å². The van der Waals surface area contributed by atoms with E-state index in [2.05, 4.69) is 21.2 Å². The Morgan fingerprint density at radius 2 is 1.86 bits per heavy atom. The molecule has 29 heavy (non-hydrogen) atoms. The van der Waals surface area contributed by atoms with Crippen LogP contribution < -0.4 is 5.32 Å². The third kappa shape index (κ3) is 5.18. The summed E-state index contributed by atoms with van der Waals surface area (Å²) in [5, 5.41) is 3.30. The molecule has 1 aliphatic carbocycles. The van der Waals surface area contributed by atoms with Crippen molar-refractivity contribution in [2.75, 3.05) is 0 Å². The van der Waals surface area contributed by atoms with Crippen molar-refractivity contribution in [1.82, 2.24) is 5.32 Å². The highest BCUT2D eigenvalue weighted by Gasteiger charge is 2.38. The van der Waals surface area contributed by atoms with Gasteiger partial charge in [-0.2, -0.15) is 13.2 Å². The maximum atomic E-state index is 13.6. The summed E-state index contributed by atoms with van der Waals surface area (Å²) in [6, 6.07) is 8.81. The van der Waals surface area contributed by atoms with Crippen LogP contribution in [0.25, 0.3) is 0 Å². The highest BCUT2D eigenvalue weighted by atomic mass is 79.9. The first kappa shape index (κ1) is 21.8. The highest BCUT2D eigenvalue weighted by Crippen LogP contribution is 2.41. The Kier molecular flexibility index (Phi) is 6.36. The number of nitrogens with one attached hydrogen (secondary N) is 1. The van der Waals surface area contributed by atoms with E-state index >= 15 is 0 Å². The van der Waals surface area contributed by atoms with Crippen LogP contribution in [0.4, 0.5) is 17.6 Å². The molecule has 1 fully saturated rings. The molecule has 1 saturated carbocycles. The second kappa shape index (κ2) is 8.46. The monoisotopic (exact) mass is 471 g/mol. The largest absolute Gasteiger partial charge is 0.395 e. The first-order valence-electron chi connectivity index (χ1n) is 9.43. The molecule has 1 N–H and O–H groups in total. The lowest BCUT2D eigenvalue weighted by molar-refractivity contribution is -0.146. The van der Waals surface area contributed by atoms with Crippen LogP contribution in [-0.4, -0.2) is 12.1 Å². The molecule has 2 atom stereocenters. The van der Waals surface area contributed by atoms with Gasteiger partial charge in [0.15, 0.2) is 0 Å². The number of amides is 1. The number of hydrogen-bond acceptors (Lipinski definition) is 1. The van der Waals surface area contributed by atoms with Gasteiger partial charge in [0.2, 0.25) is 0 Å². The predicted molar refractivity (Wildman–Crippen MR) is 108 cm³/mol. The van der Waals surface area contributed by atoms with Crippen LogP contribution in [0.2, 0.25) is 0 Å². The topological polar surface area (TPSA) is 29.1 Å². The lowest BCUT2D eigenvalue weighted by Gasteiger charge is -2.21. The lowest BCUT2D eigenvalue weighted by Crippen LogP contribution is -2.30. The zero-order valence-corrected chi connectivity index (χ0v) is 17.7. The molecule has 2 aromatic rings. The van der Waals surface area contributed by atoms with Gasteiger partial charge in [0, 0.05) is 10.9 Å². The highest BCUT2D eigenvalue weighted by molar-refractivity contribution is 9.08. The van der Waals surface area contributed by atoms with Crippen LogP contribution >= 0.6 is 15.9 Å². The molecule has 7 heteroatoms. The van der Waals surface area contributed by atoms with E-state index in [0.29, 0.717) is 16.5 Å². The number of carbonyl (C=O) groups is 1. The van der Waals surface area contributed by atoms with E-state index in [9.17, 15) is 22.4 Å². The first-order chi connectivity index (χ1) is 13.6. The molecule has 156 valence electrons. The molecule has 2 aromatic carbocycles. The Bertz CT molecular complexity index is 908. The summed E-state index contributed by atoms with van der Waals surface area (Å²) in [5.41, 5.74) is 2.15. The van der Waals surface area contributed by atoms with Crippen LogP contribution in [0.1, 0.15) is 64.3 Å². The minimum atomic E-state index is -4.39. The Morgan fingerprint density at radius 3 is 2.41 bits per heavy atom. The normalized spacial score (nSPS) is 16.4. The van der Waals surface area contributed by atoms with Gasteiger partial charge >= 0.3 is 6.18 Å². The van der Waals surface area contributed by atoms with Gasteiger partial charge < -0.3 is 5.32 Å². The Balaban J connectivity index is 1.89. The summed E-state index contributed by atoms with van der Waals surface area (Å²) in [6.45, 7) is 2.75. The molecule has 0 heterocycles.